The van der Waals surface area contributed by atoms with E-state index >= 15 is 0 Å². The second-order valence-electron chi connectivity index (χ2n) is 5.12. The van der Waals surface area contributed by atoms with E-state index in [9.17, 15) is 0 Å². The predicted molar refractivity (Wildman–Crippen MR) is 66.6 cm³/mol. The summed E-state index contributed by atoms with van der Waals surface area (Å²) < 4.78 is 0. The Morgan fingerprint density at radius 2 is 0.667 bits per heavy atom. The van der Waals surface area contributed by atoms with E-state index in [1.807, 2.05) is 0 Å². The molecule has 0 atom stereocenters. The third-order valence-corrected chi connectivity index (χ3v) is 0. The van der Waals surface area contributed by atoms with E-state index in [4.69, 9.17) is 0 Å². The van der Waals surface area contributed by atoms with Crippen molar-refractivity contribution in [1.82, 2.24) is 0 Å². The Morgan fingerprint density at radius 1 is 0.667 bits per heavy atom. The Balaban J connectivity index is -0.0000000457. The first kappa shape index (κ1) is 23.1. The van der Waals surface area contributed by atoms with Crippen LogP contribution < -0.4 is 0 Å². The van der Waals surface area contributed by atoms with Gasteiger partial charge in [0, 0.05) is 0 Å². The van der Waals surface area contributed by atoms with Crippen molar-refractivity contribution in [3.05, 3.63) is 20.5 Å². The van der Waals surface area contributed by atoms with E-state index in [0.717, 1.165) is 0 Å². The summed E-state index contributed by atoms with van der Waals surface area (Å²) in [6.45, 7) is 21.1. The van der Waals surface area contributed by atoms with Gasteiger partial charge in [-0.2, -0.15) is 0 Å². The standard InChI is InChI=1S/2C4H11Si.CH3.Ru.2H/c2*1-5(2,3)4;;;;/h2*1H2,2-4H3;1H3;;;/q3*-1;;;. The second kappa shape index (κ2) is 8.65. The molecule has 0 aliphatic heterocycles. The number of hydrogen-bond donors (Lipinski definition) is 0. The zero-order valence-corrected chi connectivity index (χ0v) is 13.8. The van der Waals surface area contributed by atoms with Crippen molar-refractivity contribution in [3.63, 3.8) is 0 Å². The molecule has 0 aliphatic rings. The average Bonchev–Trinajstić information content (AvgIpc) is 1.12. The van der Waals surface area contributed by atoms with Crippen LogP contribution >= 0.6 is 0 Å². The van der Waals surface area contributed by atoms with Crippen LogP contribution in [0.25, 0.3) is 0 Å². The summed E-state index contributed by atoms with van der Waals surface area (Å²) in [7, 11) is -1.72. The Bertz CT molecular complexity index is 55.5. The predicted octanol–water partition coefficient (Wildman–Crippen LogP) is 3.31. The van der Waals surface area contributed by atoms with Gasteiger partial charge in [0.15, 0.2) is 0 Å². The summed E-state index contributed by atoms with van der Waals surface area (Å²) in [5.74, 6) is 0. The fraction of sp³-hybridized carbons (Fsp3) is 0.667. The van der Waals surface area contributed by atoms with Gasteiger partial charge in [-0.1, -0.05) is 39.3 Å². The van der Waals surface area contributed by atoms with Gasteiger partial charge >= 0.3 is 19.5 Å². The molecule has 0 fully saturated rings. The summed E-state index contributed by atoms with van der Waals surface area (Å²) in [5.41, 5.74) is 0. The summed E-state index contributed by atoms with van der Waals surface area (Å²) in [6.07, 6.45) is 0. The van der Waals surface area contributed by atoms with Crippen molar-refractivity contribution < 1.29 is 19.5 Å². The Labute approximate surface area is 95.3 Å². The van der Waals surface area contributed by atoms with Crippen LogP contribution in [0.1, 0.15) is 0 Å². The summed E-state index contributed by atoms with van der Waals surface area (Å²) in [6, 6.07) is 0. The van der Waals surface area contributed by atoms with Crippen LogP contribution in [0.2, 0.25) is 39.3 Å². The van der Waals surface area contributed by atoms with Crippen LogP contribution in [0, 0.1) is 20.5 Å². The second-order valence-corrected chi connectivity index (χ2v) is 15.4. The molecule has 0 rings (SSSR count). The third-order valence-electron chi connectivity index (χ3n) is 0. The van der Waals surface area contributed by atoms with Gasteiger partial charge in [-0.05, 0) is 0 Å². The van der Waals surface area contributed by atoms with Gasteiger partial charge in [0.1, 0.15) is 0 Å². The monoisotopic (exact) mass is 293 g/mol. The quantitative estimate of drug-likeness (QED) is 0.475. The van der Waals surface area contributed by atoms with Gasteiger partial charge in [-0.3, -0.25) is 0 Å². The van der Waals surface area contributed by atoms with E-state index in [1.165, 1.54) is 0 Å². The Kier molecular flexibility index (Phi) is 16.7. The first-order valence-corrected chi connectivity index (χ1v) is 11.1. The van der Waals surface area contributed by atoms with Crippen molar-refractivity contribution in [3.8, 4) is 0 Å². The topological polar surface area (TPSA) is 0 Å². The molecule has 0 N–H and O–H groups in total. The summed E-state index contributed by atoms with van der Waals surface area (Å²) in [4.78, 5) is 0. The first-order chi connectivity index (χ1) is 4.00. The minimum atomic E-state index is -0.861. The zero-order chi connectivity index (χ0) is 9.00. The molecular weight excluding hydrogens is 265 g/mol. The van der Waals surface area contributed by atoms with Crippen molar-refractivity contribution in [2.45, 2.75) is 39.3 Å². The van der Waals surface area contributed by atoms with Gasteiger partial charge in [0.25, 0.3) is 0 Å². The molecule has 0 amide bonds. The maximum atomic E-state index is 3.91. The Hall–Kier alpha value is 1.06. The van der Waals surface area contributed by atoms with E-state index in [2.05, 4.69) is 52.4 Å². The van der Waals surface area contributed by atoms with Crippen LogP contribution in [-0.4, -0.2) is 16.1 Å². The van der Waals surface area contributed by atoms with Gasteiger partial charge in [0.2, 0.25) is 0 Å². The molecule has 0 aromatic carbocycles. The molecule has 0 saturated carbocycles. The third kappa shape index (κ3) is 1000. The van der Waals surface area contributed by atoms with E-state index < -0.39 is 16.1 Å². The molecule has 0 nitrogen and oxygen atoms in total. The van der Waals surface area contributed by atoms with Crippen LogP contribution in [0.5, 0.6) is 0 Å². The Morgan fingerprint density at radius 3 is 0.667 bits per heavy atom. The molecule has 0 saturated heterocycles. The fourth-order valence-corrected chi connectivity index (χ4v) is 0. The number of rotatable bonds is 0. The van der Waals surface area contributed by atoms with Crippen LogP contribution in [-0.2, 0) is 19.5 Å². The van der Waals surface area contributed by atoms with Crippen molar-refractivity contribution in [2.24, 2.45) is 0 Å². The molecule has 0 heterocycles. The van der Waals surface area contributed by atoms with E-state index in [1.54, 1.807) is 0 Å². The fourth-order valence-electron chi connectivity index (χ4n) is 0. The van der Waals surface area contributed by atoms with Gasteiger partial charge < -0.3 is 20.5 Å². The molecule has 82 valence electrons. The normalized spacial score (nSPS) is 10.0. The summed E-state index contributed by atoms with van der Waals surface area (Å²) >= 11 is 0. The average molecular weight is 293 g/mol. The molecule has 0 aromatic rings. The summed E-state index contributed by atoms with van der Waals surface area (Å²) in [5, 5.41) is 0. The van der Waals surface area contributed by atoms with Crippen LogP contribution in [0.3, 0.4) is 0 Å². The molecule has 0 bridgehead atoms. The van der Waals surface area contributed by atoms with E-state index in [0.29, 0.717) is 0 Å². The molecule has 12 heavy (non-hydrogen) atoms. The van der Waals surface area contributed by atoms with Crippen molar-refractivity contribution in [2.75, 3.05) is 0 Å². The maximum absolute atomic E-state index is 3.91. The van der Waals surface area contributed by atoms with E-state index in [-0.39, 0.29) is 26.9 Å². The van der Waals surface area contributed by atoms with Crippen molar-refractivity contribution in [1.29, 1.82) is 0 Å². The van der Waals surface area contributed by atoms with Crippen molar-refractivity contribution >= 4 is 16.1 Å². The van der Waals surface area contributed by atoms with Crippen LogP contribution in [0.15, 0.2) is 0 Å². The number of hydrogen-bond acceptors (Lipinski definition) is 0. The molecule has 0 aromatic heterocycles. The molecule has 0 spiro atoms. The van der Waals surface area contributed by atoms with Crippen LogP contribution in [0.4, 0.5) is 0 Å². The molecular formula is C9H27RuSi2-3. The first-order valence-electron chi connectivity index (χ1n) is 3.71. The molecule has 0 radical (unpaired) electrons. The zero-order valence-electron chi connectivity index (χ0n) is 9.82. The van der Waals surface area contributed by atoms with Gasteiger partial charge in [0.05, 0.1) is 0 Å². The molecule has 0 aliphatic carbocycles. The molecule has 3 heteroatoms. The van der Waals surface area contributed by atoms with Gasteiger partial charge in [-0.25, -0.2) is 0 Å². The van der Waals surface area contributed by atoms with Gasteiger partial charge in [-0.15, -0.1) is 16.1 Å². The SMILES string of the molecule is [CH2-][Si](C)(C)C.[CH2-][Si](C)(C)C.[CH3-].[RuH2]. The molecule has 0 unspecified atom stereocenters. The minimum absolute atomic E-state index is 0.